The van der Waals surface area contributed by atoms with Crippen molar-refractivity contribution in [1.82, 2.24) is 0 Å². The molecule has 3 aliphatic carbocycles. The number of hydrogen-bond donors (Lipinski definition) is 2. The van der Waals surface area contributed by atoms with Gasteiger partial charge in [-0.1, -0.05) is 27.4 Å². The summed E-state index contributed by atoms with van der Waals surface area (Å²) in [5.41, 5.74) is -0.941. The summed E-state index contributed by atoms with van der Waals surface area (Å²) in [6.45, 7) is 11.8. The van der Waals surface area contributed by atoms with Crippen LogP contribution in [-0.4, -0.2) is 34.0 Å². The van der Waals surface area contributed by atoms with Crippen LogP contribution in [0.15, 0.2) is 12.2 Å². The van der Waals surface area contributed by atoms with Crippen molar-refractivity contribution in [3.63, 3.8) is 0 Å². The minimum Gasteiger partial charge on any atom is -0.462 e. The van der Waals surface area contributed by atoms with Crippen LogP contribution in [0.5, 0.6) is 0 Å². The minimum atomic E-state index is -1.13. The van der Waals surface area contributed by atoms with Crippen molar-refractivity contribution in [2.24, 2.45) is 22.7 Å². The normalized spacial score (nSPS) is 50.9. The fraction of sp³-hybridized carbons (Fsp3) is 0.824. The maximum absolute atomic E-state index is 11.6. The molecule has 6 atom stereocenters. The molecule has 3 rings (SSSR count). The van der Waals surface area contributed by atoms with E-state index in [1.165, 1.54) is 6.92 Å². The lowest BCUT2D eigenvalue weighted by Gasteiger charge is -2.41. The molecule has 2 N–H and O–H groups in total. The highest BCUT2D eigenvalue weighted by molar-refractivity contribution is 5.66. The number of fused-ring (bicyclic) bond motifs is 3. The largest absolute Gasteiger partial charge is 0.462 e. The number of carbonyl (C=O) groups excluding carboxylic acids is 1. The van der Waals surface area contributed by atoms with Gasteiger partial charge in [-0.25, -0.2) is 0 Å². The Bertz CT molecular complexity index is 511. The van der Waals surface area contributed by atoms with Crippen molar-refractivity contribution in [3.05, 3.63) is 12.2 Å². The van der Waals surface area contributed by atoms with Gasteiger partial charge in [-0.2, -0.15) is 0 Å². The van der Waals surface area contributed by atoms with Crippen molar-refractivity contribution < 1.29 is 19.7 Å². The molecule has 0 bridgehead atoms. The van der Waals surface area contributed by atoms with E-state index in [-0.39, 0.29) is 34.7 Å². The highest BCUT2D eigenvalue weighted by Crippen LogP contribution is 2.71. The summed E-state index contributed by atoms with van der Waals surface area (Å²) in [6, 6.07) is 0. The van der Waals surface area contributed by atoms with Crippen LogP contribution >= 0.6 is 0 Å². The Morgan fingerprint density at radius 1 is 1.33 bits per heavy atom. The van der Waals surface area contributed by atoms with Crippen molar-refractivity contribution in [2.45, 2.75) is 64.8 Å². The van der Waals surface area contributed by atoms with Crippen LogP contribution in [0.3, 0.4) is 0 Å². The van der Waals surface area contributed by atoms with Gasteiger partial charge >= 0.3 is 5.97 Å². The van der Waals surface area contributed by atoms with E-state index in [1.807, 2.05) is 0 Å². The zero-order valence-electron chi connectivity index (χ0n) is 13.3. The monoisotopic (exact) mass is 294 g/mol. The second kappa shape index (κ2) is 4.11. The molecule has 0 radical (unpaired) electrons. The van der Waals surface area contributed by atoms with Gasteiger partial charge < -0.3 is 14.9 Å². The quantitative estimate of drug-likeness (QED) is 0.574. The van der Waals surface area contributed by atoms with Crippen LogP contribution in [0, 0.1) is 22.7 Å². The zero-order chi connectivity index (χ0) is 15.8. The number of ether oxygens (including phenoxy) is 1. The molecule has 3 saturated carbocycles. The molecule has 0 aromatic heterocycles. The molecule has 21 heavy (non-hydrogen) atoms. The molecule has 3 fully saturated rings. The number of esters is 1. The smallest absolute Gasteiger partial charge is 0.302 e. The fourth-order valence-electron chi connectivity index (χ4n) is 5.85. The van der Waals surface area contributed by atoms with E-state index in [0.717, 1.165) is 12.8 Å². The number of aliphatic hydroxyl groups excluding tert-OH is 1. The molecular weight excluding hydrogens is 268 g/mol. The third-order valence-electron chi connectivity index (χ3n) is 6.46. The van der Waals surface area contributed by atoms with Gasteiger partial charge in [0.2, 0.25) is 0 Å². The van der Waals surface area contributed by atoms with E-state index in [2.05, 4.69) is 27.4 Å². The molecule has 4 nitrogen and oxygen atoms in total. The first-order valence-corrected chi connectivity index (χ1v) is 7.82. The molecular formula is C17H26O4. The third-order valence-corrected chi connectivity index (χ3v) is 6.46. The van der Waals surface area contributed by atoms with Gasteiger partial charge in [0, 0.05) is 24.2 Å². The molecule has 0 heterocycles. The molecule has 0 amide bonds. The predicted octanol–water partition coefficient (Wildman–Crippen LogP) is 2.04. The van der Waals surface area contributed by atoms with E-state index in [9.17, 15) is 15.0 Å². The molecule has 0 unspecified atom stereocenters. The van der Waals surface area contributed by atoms with Gasteiger partial charge in [0.25, 0.3) is 0 Å². The Balaban J connectivity index is 2.14. The number of carbonyl (C=O) groups is 1. The van der Waals surface area contributed by atoms with Gasteiger partial charge in [0.1, 0.15) is 6.10 Å². The molecule has 0 aromatic carbocycles. The predicted molar refractivity (Wildman–Crippen MR) is 78.4 cm³/mol. The Morgan fingerprint density at radius 2 is 1.95 bits per heavy atom. The maximum atomic E-state index is 11.6. The number of aliphatic hydroxyl groups is 2. The van der Waals surface area contributed by atoms with Crippen molar-refractivity contribution in [3.8, 4) is 0 Å². The topological polar surface area (TPSA) is 66.8 Å². The minimum absolute atomic E-state index is 0.0449. The Labute approximate surface area is 126 Å². The molecule has 0 spiro atoms. The lowest BCUT2D eigenvalue weighted by molar-refractivity contribution is -0.155. The van der Waals surface area contributed by atoms with Crippen molar-refractivity contribution >= 4 is 5.97 Å². The van der Waals surface area contributed by atoms with Gasteiger partial charge in [-0.3, -0.25) is 4.79 Å². The van der Waals surface area contributed by atoms with Crippen LogP contribution in [0.2, 0.25) is 0 Å². The second-order valence-electron chi connectivity index (χ2n) is 8.17. The van der Waals surface area contributed by atoms with Crippen LogP contribution in [0.25, 0.3) is 0 Å². The summed E-state index contributed by atoms with van der Waals surface area (Å²) < 4.78 is 5.65. The molecule has 3 aliphatic rings. The first kappa shape index (κ1) is 15.0. The van der Waals surface area contributed by atoms with E-state index >= 15 is 0 Å². The third kappa shape index (κ3) is 1.66. The summed E-state index contributed by atoms with van der Waals surface area (Å²) in [7, 11) is 0. The Hall–Kier alpha value is -0.870. The van der Waals surface area contributed by atoms with E-state index in [4.69, 9.17) is 4.74 Å². The molecule has 0 aromatic rings. The summed E-state index contributed by atoms with van der Waals surface area (Å²) in [6.07, 6.45) is 1.27. The van der Waals surface area contributed by atoms with E-state index < -0.39 is 11.7 Å². The maximum Gasteiger partial charge on any atom is 0.302 e. The van der Waals surface area contributed by atoms with E-state index in [0.29, 0.717) is 12.0 Å². The summed E-state index contributed by atoms with van der Waals surface area (Å²) in [5, 5.41) is 21.7. The average molecular weight is 294 g/mol. The SMILES string of the molecule is C=C1[C@@H](O)C[C@H]2[C@H](OC(C)=O)[C@]3(C)CCC(C)(C)[C@@H]3[C@@]12O. The van der Waals surface area contributed by atoms with Crippen LogP contribution < -0.4 is 0 Å². The average Bonchev–Trinajstić information content (AvgIpc) is 2.80. The number of hydrogen-bond acceptors (Lipinski definition) is 4. The lowest BCUT2D eigenvalue weighted by atomic mass is 9.66. The standard InChI is InChI=1S/C17H26O4/c1-9-12(19)8-11-13(21-10(2)18)16(5)7-6-15(3,4)14(16)17(9,11)20/h11-14,19-20H,1,6-8H2,2-5H3/t11-,12-,13-,14-,16-,17+/m0/s1. The van der Waals surface area contributed by atoms with Crippen LogP contribution in [0.1, 0.15) is 47.0 Å². The first-order chi connectivity index (χ1) is 9.55. The van der Waals surface area contributed by atoms with E-state index in [1.54, 1.807) is 0 Å². The summed E-state index contributed by atoms with van der Waals surface area (Å²) in [5.74, 6) is -0.615. The fourth-order valence-corrected chi connectivity index (χ4v) is 5.85. The molecule has 118 valence electrons. The molecule has 0 saturated heterocycles. The van der Waals surface area contributed by atoms with Gasteiger partial charge in [-0.15, -0.1) is 0 Å². The highest BCUT2D eigenvalue weighted by Gasteiger charge is 2.75. The van der Waals surface area contributed by atoms with Crippen LogP contribution in [-0.2, 0) is 9.53 Å². The first-order valence-electron chi connectivity index (χ1n) is 7.82. The molecule has 4 heteroatoms. The highest BCUT2D eigenvalue weighted by atomic mass is 16.5. The summed E-state index contributed by atoms with van der Waals surface area (Å²) >= 11 is 0. The van der Waals surface area contributed by atoms with Gasteiger partial charge in [0.05, 0.1) is 11.7 Å². The summed E-state index contributed by atoms with van der Waals surface area (Å²) in [4.78, 5) is 11.6. The van der Waals surface area contributed by atoms with Crippen LogP contribution in [0.4, 0.5) is 0 Å². The second-order valence-corrected chi connectivity index (χ2v) is 8.17. The van der Waals surface area contributed by atoms with Gasteiger partial charge in [0.15, 0.2) is 0 Å². The Kier molecular flexibility index (Phi) is 2.94. The lowest BCUT2D eigenvalue weighted by Crippen LogP contribution is -2.46. The van der Waals surface area contributed by atoms with Crippen molar-refractivity contribution in [2.75, 3.05) is 0 Å². The van der Waals surface area contributed by atoms with Gasteiger partial charge in [-0.05, 0) is 30.3 Å². The number of rotatable bonds is 1. The Morgan fingerprint density at radius 3 is 2.52 bits per heavy atom. The molecule has 0 aliphatic heterocycles. The zero-order valence-corrected chi connectivity index (χ0v) is 13.3. The van der Waals surface area contributed by atoms with Crippen molar-refractivity contribution in [1.29, 1.82) is 0 Å².